The zero-order valence-corrected chi connectivity index (χ0v) is 15.9. The lowest BCUT2D eigenvalue weighted by Gasteiger charge is -2.07. The van der Waals surface area contributed by atoms with E-state index >= 15 is 0 Å². The van der Waals surface area contributed by atoms with Gasteiger partial charge in [-0.05, 0) is 66.9 Å². The molecule has 1 heterocycles. The van der Waals surface area contributed by atoms with Crippen molar-refractivity contribution in [1.82, 2.24) is 4.98 Å². The van der Waals surface area contributed by atoms with Gasteiger partial charge in [0.2, 0.25) is 0 Å². The zero-order chi connectivity index (χ0) is 20.5. The third-order valence-corrected chi connectivity index (χ3v) is 4.22. The monoisotopic (exact) mass is 384 g/mol. The fourth-order valence-electron chi connectivity index (χ4n) is 2.65. The number of carbonyl (C=O) groups excluding carboxylic acids is 1. The summed E-state index contributed by atoms with van der Waals surface area (Å²) in [5.74, 6) is 0.603. The van der Waals surface area contributed by atoms with Crippen LogP contribution >= 0.6 is 0 Å². The van der Waals surface area contributed by atoms with Crippen LogP contribution in [0.3, 0.4) is 0 Å². The first-order valence-electron chi connectivity index (χ1n) is 9.18. The predicted octanol–water partition coefficient (Wildman–Crippen LogP) is 4.52. The van der Waals surface area contributed by atoms with Gasteiger partial charge in [-0.15, -0.1) is 0 Å². The van der Waals surface area contributed by atoms with Crippen LogP contribution in [-0.4, -0.2) is 17.6 Å². The average Bonchev–Trinajstić information content (AvgIpc) is 2.78. The molecule has 0 aliphatic carbocycles. The van der Waals surface area contributed by atoms with E-state index in [0.717, 1.165) is 24.1 Å². The van der Waals surface area contributed by atoms with Gasteiger partial charge in [-0.1, -0.05) is 24.8 Å². The van der Waals surface area contributed by atoms with Crippen molar-refractivity contribution in [2.24, 2.45) is 0 Å². The quantitative estimate of drug-likeness (QED) is 0.422. The lowest BCUT2D eigenvalue weighted by Crippen LogP contribution is -2.09. The van der Waals surface area contributed by atoms with Gasteiger partial charge in [0.1, 0.15) is 18.1 Å². The average molecular weight is 384 g/mol. The van der Waals surface area contributed by atoms with E-state index in [4.69, 9.17) is 14.7 Å². The molecule has 1 aromatic heterocycles. The van der Waals surface area contributed by atoms with Crippen molar-refractivity contribution in [2.45, 2.75) is 12.8 Å². The summed E-state index contributed by atoms with van der Waals surface area (Å²) < 4.78 is 10.8. The summed E-state index contributed by atoms with van der Waals surface area (Å²) in [6.07, 6.45) is 4.78. The van der Waals surface area contributed by atoms with Crippen molar-refractivity contribution in [3.05, 3.63) is 102 Å². The maximum absolute atomic E-state index is 12.3. The molecular formula is C24H20N2O3. The Labute approximate surface area is 169 Å². The minimum atomic E-state index is -0.451. The number of ether oxygens (including phenoxy) is 2. The summed E-state index contributed by atoms with van der Waals surface area (Å²) in [4.78, 5) is 16.6. The standard InChI is InChI=1S/C24H20N2O3/c1-2-15-28-22-12-8-20(9-13-22)24(27)29-23-14-11-21(26-17-23)10-7-18-3-5-19(16-25)6-4-18/h2-6,8-9,11-14,17H,1,7,10,15H2. The van der Waals surface area contributed by atoms with E-state index in [1.54, 1.807) is 42.6 Å². The highest BCUT2D eigenvalue weighted by Gasteiger charge is 2.09. The number of nitriles is 1. The van der Waals surface area contributed by atoms with Gasteiger partial charge in [-0.3, -0.25) is 4.98 Å². The van der Waals surface area contributed by atoms with E-state index in [0.29, 0.717) is 29.2 Å². The van der Waals surface area contributed by atoms with Crippen LogP contribution in [0.25, 0.3) is 0 Å². The molecule has 0 saturated carbocycles. The number of benzene rings is 2. The number of nitrogens with zero attached hydrogens (tertiary/aromatic N) is 2. The van der Waals surface area contributed by atoms with E-state index in [2.05, 4.69) is 17.6 Å². The molecular weight excluding hydrogens is 364 g/mol. The molecule has 0 atom stereocenters. The summed E-state index contributed by atoms with van der Waals surface area (Å²) in [6.45, 7) is 4.00. The number of hydrogen-bond donors (Lipinski definition) is 0. The van der Waals surface area contributed by atoms with Gasteiger partial charge in [0.15, 0.2) is 0 Å². The number of aryl methyl sites for hydroxylation is 2. The number of esters is 1. The lowest BCUT2D eigenvalue weighted by molar-refractivity contribution is 0.0734. The van der Waals surface area contributed by atoms with E-state index in [1.165, 1.54) is 0 Å². The summed E-state index contributed by atoms with van der Waals surface area (Å²) in [5, 5.41) is 8.84. The van der Waals surface area contributed by atoms with Crippen LogP contribution in [0.4, 0.5) is 0 Å². The van der Waals surface area contributed by atoms with Gasteiger partial charge in [-0.2, -0.15) is 5.26 Å². The fourth-order valence-corrected chi connectivity index (χ4v) is 2.65. The molecule has 0 unspecified atom stereocenters. The van der Waals surface area contributed by atoms with Crippen molar-refractivity contribution < 1.29 is 14.3 Å². The van der Waals surface area contributed by atoms with Crippen LogP contribution in [0.1, 0.15) is 27.2 Å². The van der Waals surface area contributed by atoms with E-state index in [-0.39, 0.29) is 0 Å². The highest BCUT2D eigenvalue weighted by Crippen LogP contribution is 2.16. The summed E-state index contributed by atoms with van der Waals surface area (Å²) in [5.41, 5.74) is 3.12. The third-order valence-electron chi connectivity index (χ3n) is 4.22. The van der Waals surface area contributed by atoms with E-state index in [1.807, 2.05) is 30.3 Å². The van der Waals surface area contributed by atoms with Crippen molar-refractivity contribution in [2.75, 3.05) is 6.61 Å². The van der Waals surface area contributed by atoms with Gasteiger partial charge < -0.3 is 9.47 Å². The summed E-state index contributed by atoms with van der Waals surface area (Å²) >= 11 is 0. The molecule has 0 bridgehead atoms. The van der Waals surface area contributed by atoms with E-state index in [9.17, 15) is 4.79 Å². The van der Waals surface area contributed by atoms with Crippen molar-refractivity contribution >= 4 is 5.97 Å². The molecule has 0 aliphatic rings. The van der Waals surface area contributed by atoms with Gasteiger partial charge in [0, 0.05) is 5.69 Å². The smallest absolute Gasteiger partial charge is 0.343 e. The van der Waals surface area contributed by atoms with Crippen molar-refractivity contribution in [1.29, 1.82) is 5.26 Å². The molecule has 2 aromatic carbocycles. The van der Waals surface area contributed by atoms with E-state index < -0.39 is 5.97 Å². The van der Waals surface area contributed by atoms with Crippen molar-refractivity contribution in [3.8, 4) is 17.6 Å². The minimum absolute atomic E-state index is 0.393. The van der Waals surface area contributed by atoms with Gasteiger partial charge in [-0.25, -0.2) is 4.79 Å². The zero-order valence-electron chi connectivity index (χ0n) is 15.9. The highest BCUT2D eigenvalue weighted by molar-refractivity contribution is 5.91. The van der Waals surface area contributed by atoms with Crippen LogP contribution in [-0.2, 0) is 12.8 Å². The second-order valence-electron chi connectivity index (χ2n) is 6.31. The molecule has 0 spiro atoms. The Morgan fingerprint density at radius 1 is 1.00 bits per heavy atom. The van der Waals surface area contributed by atoms with Crippen LogP contribution in [0, 0.1) is 11.3 Å². The molecule has 3 rings (SSSR count). The number of aromatic nitrogens is 1. The Morgan fingerprint density at radius 3 is 2.34 bits per heavy atom. The Balaban J connectivity index is 1.53. The molecule has 144 valence electrons. The lowest BCUT2D eigenvalue weighted by atomic mass is 10.1. The second kappa shape index (κ2) is 9.86. The predicted molar refractivity (Wildman–Crippen MR) is 110 cm³/mol. The highest BCUT2D eigenvalue weighted by atomic mass is 16.5. The molecule has 0 fully saturated rings. The third kappa shape index (κ3) is 5.78. The number of pyridine rings is 1. The normalized spacial score (nSPS) is 10.0. The largest absolute Gasteiger partial charge is 0.490 e. The number of carbonyl (C=O) groups is 1. The molecule has 0 aliphatic heterocycles. The number of hydrogen-bond acceptors (Lipinski definition) is 5. The van der Waals surface area contributed by atoms with Gasteiger partial charge >= 0.3 is 5.97 Å². The van der Waals surface area contributed by atoms with Crippen LogP contribution < -0.4 is 9.47 Å². The van der Waals surface area contributed by atoms with Crippen LogP contribution in [0.15, 0.2) is 79.5 Å². The van der Waals surface area contributed by atoms with Crippen LogP contribution in [0.5, 0.6) is 11.5 Å². The molecule has 29 heavy (non-hydrogen) atoms. The topological polar surface area (TPSA) is 72.2 Å². The Hall–Kier alpha value is -3.91. The molecule has 0 N–H and O–H groups in total. The SMILES string of the molecule is C=CCOc1ccc(C(=O)Oc2ccc(CCc3ccc(C#N)cc3)nc2)cc1. The first kappa shape index (κ1) is 19.8. The van der Waals surface area contributed by atoms with Gasteiger partial charge in [0.25, 0.3) is 0 Å². The van der Waals surface area contributed by atoms with Crippen LogP contribution in [0.2, 0.25) is 0 Å². The van der Waals surface area contributed by atoms with Gasteiger partial charge in [0.05, 0.1) is 23.4 Å². The van der Waals surface area contributed by atoms with Crippen molar-refractivity contribution in [3.63, 3.8) is 0 Å². The molecule has 5 nitrogen and oxygen atoms in total. The summed E-state index contributed by atoms with van der Waals surface area (Å²) in [7, 11) is 0. The molecule has 0 radical (unpaired) electrons. The Kier molecular flexibility index (Phi) is 6.75. The molecule has 0 amide bonds. The first-order valence-corrected chi connectivity index (χ1v) is 9.18. The molecule has 0 saturated heterocycles. The molecule has 3 aromatic rings. The Morgan fingerprint density at radius 2 is 1.72 bits per heavy atom. The maximum Gasteiger partial charge on any atom is 0.343 e. The fraction of sp³-hybridized carbons (Fsp3) is 0.125. The molecule has 5 heteroatoms. The maximum atomic E-state index is 12.3. The summed E-state index contributed by atoms with van der Waals surface area (Å²) in [6, 6.07) is 19.9. The minimum Gasteiger partial charge on any atom is -0.490 e. The first-order chi connectivity index (χ1) is 14.2. The second-order valence-corrected chi connectivity index (χ2v) is 6.31. The number of rotatable bonds is 8. The Bertz CT molecular complexity index is 1000.